The van der Waals surface area contributed by atoms with Crippen LogP contribution >= 0.6 is 0 Å². The van der Waals surface area contributed by atoms with Gasteiger partial charge in [0, 0.05) is 31.0 Å². The van der Waals surface area contributed by atoms with Crippen molar-refractivity contribution in [2.75, 3.05) is 14.2 Å². The highest BCUT2D eigenvalue weighted by molar-refractivity contribution is 5.76. The minimum Gasteiger partial charge on any atom is -0.496 e. The van der Waals surface area contributed by atoms with Crippen LogP contribution in [0.4, 0.5) is 0 Å². The molecule has 0 N–H and O–H groups in total. The summed E-state index contributed by atoms with van der Waals surface area (Å²) in [6.07, 6.45) is 0.701. The highest BCUT2D eigenvalue weighted by Crippen LogP contribution is 2.28. The van der Waals surface area contributed by atoms with E-state index in [1.165, 1.54) is 5.56 Å². The van der Waals surface area contributed by atoms with Crippen LogP contribution < -0.4 is 4.74 Å². The van der Waals surface area contributed by atoms with E-state index >= 15 is 0 Å². The van der Waals surface area contributed by atoms with Gasteiger partial charge in [-0.15, -0.1) is 10.2 Å². The van der Waals surface area contributed by atoms with Gasteiger partial charge in [0.2, 0.25) is 17.7 Å². The van der Waals surface area contributed by atoms with Crippen LogP contribution in [0.2, 0.25) is 0 Å². The number of amides is 1. The number of ether oxygens (including phenoxy) is 1. The van der Waals surface area contributed by atoms with Gasteiger partial charge in [-0.2, -0.15) is 0 Å². The molecule has 0 saturated carbocycles. The van der Waals surface area contributed by atoms with Gasteiger partial charge in [-0.05, 0) is 32.0 Å². The Kier molecular flexibility index (Phi) is 6.09. The number of hydrogen-bond donors (Lipinski definition) is 0. The van der Waals surface area contributed by atoms with E-state index in [0.29, 0.717) is 24.6 Å². The van der Waals surface area contributed by atoms with Crippen LogP contribution in [0.3, 0.4) is 0 Å². The van der Waals surface area contributed by atoms with Crippen LogP contribution in [0, 0.1) is 6.92 Å². The Bertz CT molecular complexity index is 934. The number of benzene rings is 2. The van der Waals surface area contributed by atoms with Crippen LogP contribution in [0.25, 0.3) is 11.5 Å². The highest BCUT2D eigenvalue weighted by Gasteiger charge is 2.21. The zero-order valence-electron chi connectivity index (χ0n) is 16.7. The maximum Gasteiger partial charge on any atom is 0.247 e. The van der Waals surface area contributed by atoms with E-state index in [1.807, 2.05) is 62.4 Å². The molecule has 0 saturated heterocycles. The first-order valence-corrected chi connectivity index (χ1v) is 9.27. The summed E-state index contributed by atoms with van der Waals surface area (Å²) in [5, 5.41) is 8.16. The van der Waals surface area contributed by atoms with Crippen LogP contribution in [0.1, 0.15) is 36.4 Å². The Hall–Kier alpha value is -3.15. The molecule has 28 heavy (non-hydrogen) atoms. The fraction of sp³-hybridized carbons (Fsp3) is 0.318. The smallest absolute Gasteiger partial charge is 0.247 e. The topological polar surface area (TPSA) is 68.5 Å². The first-order chi connectivity index (χ1) is 13.5. The quantitative estimate of drug-likeness (QED) is 0.615. The molecule has 1 amide bonds. The van der Waals surface area contributed by atoms with Crippen LogP contribution in [0.15, 0.2) is 52.9 Å². The van der Waals surface area contributed by atoms with Crippen molar-refractivity contribution in [3.8, 4) is 17.2 Å². The second-order valence-corrected chi connectivity index (χ2v) is 6.79. The fourth-order valence-corrected chi connectivity index (χ4v) is 2.99. The summed E-state index contributed by atoms with van der Waals surface area (Å²) < 4.78 is 11.1. The van der Waals surface area contributed by atoms with Gasteiger partial charge < -0.3 is 14.1 Å². The van der Waals surface area contributed by atoms with E-state index in [-0.39, 0.29) is 11.9 Å². The van der Waals surface area contributed by atoms with Crippen molar-refractivity contribution in [3.63, 3.8) is 0 Å². The summed E-state index contributed by atoms with van der Waals surface area (Å²) >= 11 is 0. The van der Waals surface area contributed by atoms with Crippen molar-refractivity contribution in [1.82, 2.24) is 15.1 Å². The van der Waals surface area contributed by atoms with Crippen LogP contribution in [0.5, 0.6) is 5.75 Å². The lowest BCUT2D eigenvalue weighted by molar-refractivity contribution is -0.131. The monoisotopic (exact) mass is 379 g/mol. The predicted octanol–water partition coefficient (Wildman–Crippen LogP) is 4.21. The molecule has 1 aromatic heterocycles. The first kappa shape index (κ1) is 19.6. The van der Waals surface area contributed by atoms with Crippen LogP contribution in [-0.4, -0.2) is 35.2 Å². The maximum absolute atomic E-state index is 12.6. The van der Waals surface area contributed by atoms with Gasteiger partial charge >= 0.3 is 0 Å². The van der Waals surface area contributed by atoms with Gasteiger partial charge in [0.1, 0.15) is 5.75 Å². The van der Waals surface area contributed by atoms with Gasteiger partial charge in [-0.25, -0.2) is 0 Å². The van der Waals surface area contributed by atoms with Gasteiger partial charge in [0.05, 0.1) is 13.2 Å². The number of para-hydroxylation sites is 1. The molecule has 1 unspecified atom stereocenters. The number of methoxy groups -OCH3 is 1. The summed E-state index contributed by atoms with van der Waals surface area (Å²) in [7, 11) is 3.43. The third-order valence-electron chi connectivity index (χ3n) is 4.88. The number of rotatable bonds is 7. The molecule has 1 atom stereocenters. The van der Waals surface area contributed by atoms with E-state index in [9.17, 15) is 4.79 Å². The van der Waals surface area contributed by atoms with Crippen molar-refractivity contribution in [2.45, 2.75) is 32.7 Å². The Morgan fingerprint density at radius 1 is 1.14 bits per heavy atom. The zero-order chi connectivity index (χ0) is 20.1. The van der Waals surface area contributed by atoms with Crippen molar-refractivity contribution in [1.29, 1.82) is 0 Å². The zero-order valence-corrected chi connectivity index (χ0v) is 16.7. The predicted molar refractivity (Wildman–Crippen MR) is 107 cm³/mol. The van der Waals surface area contributed by atoms with E-state index in [4.69, 9.17) is 9.15 Å². The Morgan fingerprint density at radius 2 is 1.86 bits per heavy atom. The molecule has 3 aromatic rings. The minimum absolute atomic E-state index is 0.00786. The summed E-state index contributed by atoms with van der Waals surface area (Å²) in [4.78, 5) is 14.4. The van der Waals surface area contributed by atoms with Crippen LogP contribution in [-0.2, 0) is 11.2 Å². The molecule has 0 aliphatic rings. The largest absolute Gasteiger partial charge is 0.496 e. The molecule has 2 aromatic carbocycles. The standard InChI is InChI=1S/C22H25N3O3/c1-15-9-11-17(12-10-15)22-24-23-20(28-22)13-14-21(26)25(3)16(2)18-7-5-6-8-19(18)27-4/h5-12,16H,13-14H2,1-4H3. The summed E-state index contributed by atoms with van der Waals surface area (Å²) in [5.41, 5.74) is 3.01. The minimum atomic E-state index is -0.102. The Morgan fingerprint density at radius 3 is 2.57 bits per heavy atom. The van der Waals surface area contributed by atoms with Gasteiger partial charge in [-0.1, -0.05) is 35.9 Å². The highest BCUT2D eigenvalue weighted by atomic mass is 16.5. The number of aryl methyl sites for hydroxylation is 2. The lowest BCUT2D eigenvalue weighted by Crippen LogP contribution is -2.30. The third kappa shape index (κ3) is 4.39. The third-order valence-corrected chi connectivity index (χ3v) is 4.88. The molecule has 0 fully saturated rings. The van der Waals surface area contributed by atoms with Gasteiger partial charge in [0.15, 0.2) is 0 Å². The summed E-state index contributed by atoms with van der Waals surface area (Å²) in [5.74, 6) is 1.71. The lowest BCUT2D eigenvalue weighted by Gasteiger charge is -2.26. The average molecular weight is 379 g/mol. The molecule has 1 heterocycles. The van der Waals surface area contributed by atoms with Crippen molar-refractivity contribution >= 4 is 5.91 Å². The summed E-state index contributed by atoms with van der Waals surface area (Å²) in [6, 6.07) is 15.5. The number of nitrogens with zero attached hydrogens (tertiary/aromatic N) is 3. The molecule has 6 nitrogen and oxygen atoms in total. The summed E-state index contributed by atoms with van der Waals surface area (Å²) in [6.45, 7) is 4.01. The normalized spacial score (nSPS) is 11.9. The van der Waals surface area contributed by atoms with Crippen molar-refractivity contribution < 1.29 is 13.9 Å². The Labute approximate surface area is 165 Å². The average Bonchev–Trinajstić information content (AvgIpc) is 3.20. The molecule has 6 heteroatoms. The molecular weight excluding hydrogens is 354 g/mol. The second kappa shape index (κ2) is 8.69. The molecule has 0 bridgehead atoms. The lowest BCUT2D eigenvalue weighted by atomic mass is 10.1. The molecule has 0 aliphatic heterocycles. The van der Waals surface area contributed by atoms with E-state index in [1.54, 1.807) is 19.1 Å². The molecule has 0 radical (unpaired) electrons. The fourth-order valence-electron chi connectivity index (χ4n) is 2.99. The number of aromatic nitrogens is 2. The second-order valence-electron chi connectivity index (χ2n) is 6.79. The molecule has 0 aliphatic carbocycles. The molecule has 146 valence electrons. The molecule has 0 spiro atoms. The SMILES string of the molecule is COc1ccccc1C(C)N(C)C(=O)CCc1nnc(-c2ccc(C)cc2)o1. The van der Waals surface area contributed by atoms with E-state index < -0.39 is 0 Å². The van der Waals surface area contributed by atoms with Gasteiger partial charge in [0.25, 0.3) is 0 Å². The molecule has 3 rings (SSSR count). The number of hydrogen-bond acceptors (Lipinski definition) is 5. The first-order valence-electron chi connectivity index (χ1n) is 9.27. The number of carbonyl (C=O) groups excluding carboxylic acids is 1. The molecular formula is C22H25N3O3. The van der Waals surface area contributed by atoms with E-state index in [2.05, 4.69) is 10.2 Å². The van der Waals surface area contributed by atoms with Crippen molar-refractivity contribution in [2.24, 2.45) is 0 Å². The van der Waals surface area contributed by atoms with E-state index in [0.717, 1.165) is 16.9 Å². The Balaban J connectivity index is 1.61. The number of carbonyl (C=O) groups is 1. The van der Waals surface area contributed by atoms with Crippen molar-refractivity contribution in [3.05, 3.63) is 65.5 Å². The van der Waals surface area contributed by atoms with Gasteiger partial charge in [-0.3, -0.25) is 4.79 Å². The maximum atomic E-state index is 12.6.